The molecule has 1 saturated heterocycles. The fourth-order valence-corrected chi connectivity index (χ4v) is 4.15. The van der Waals surface area contributed by atoms with Crippen molar-refractivity contribution in [1.82, 2.24) is 24.2 Å². The molecule has 9 heteroatoms. The largest absolute Gasteiger partial charge is 0.352 e. The number of nitrogens with zero attached hydrogens (tertiary/aromatic N) is 5. The van der Waals surface area contributed by atoms with Crippen LogP contribution in [0.2, 0.25) is 0 Å². The van der Waals surface area contributed by atoms with Crippen LogP contribution in [-0.4, -0.2) is 53.3 Å². The maximum atomic E-state index is 11.3. The second-order valence-corrected chi connectivity index (χ2v) is 8.88. The highest BCUT2D eigenvalue weighted by atomic mass is 32.2. The fraction of sp³-hybridized carbons (Fsp3) is 0.688. The van der Waals surface area contributed by atoms with Crippen molar-refractivity contribution >= 4 is 27.0 Å². The lowest BCUT2D eigenvalue weighted by Crippen LogP contribution is -2.42. The normalized spacial score (nSPS) is 21.8. The minimum atomic E-state index is -3.15. The van der Waals surface area contributed by atoms with Gasteiger partial charge in [-0.1, -0.05) is 0 Å². The number of hydrogen-bond donors (Lipinski definition) is 1. The van der Waals surface area contributed by atoms with E-state index in [2.05, 4.69) is 29.1 Å². The summed E-state index contributed by atoms with van der Waals surface area (Å²) < 4.78 is 27.4. The molecule has 2 aliphatic rings. The molecule has 1 aliphatic heterocycles. The van der Waals surface area contributed by atoms with Gasteiger partial charge in [-0.3, -0.25) is 0 Å². The van der Waals surface area contributed by atoms with Crippen molar-refractivity contribution in [1.29, 1.82) is 0 Å². The first-order chi connectivity index (χ1) is 12.0. The van der Waals surface area contributed by atoms with Crippen LogP contribution in [0.4, 0.5) is 5.82 Å². The second kappa shape index (κ2) is 6.53. The molecular weight excluding hydrogens is 340 g/mol. The van der Waals surface area contributed by atoms with Crippen molar-refractivity contribution in [3.05, 3.63) is 12.7 Å². The highest BCUT2D eigenvalue weighted by Crippen LogP contribution is 2.38. The number of hydrogen-bond acceptors (Lipinski definition) is 6. The molecule has 1 aliphatic carbocycles. The zero-order valence-electron chi connectivity index (χ0n) is 14.4. The van der Waals surface area contributed by atoms with E-state index in [1.54, 1.807) is 6.33 Å². The molecule has 1 unspecified atom stereocenters. The van der Waals surface area contributed by atoms with E-state index >= 15 is 0 Å². The van der Waals surface area contributed by atoms with Crippen LogP contribution in [0.5, 0.6) is 0 Å². The van der Waals surface area contributed by atoms with Gasteiger partial charge in [0.1, 0.15) is 6.33 Å². The Morgan fingerprint density at radius 2 is 2.04 bits per heavy atom. The van der Waals surface area contributed by atoms with E-state index in [0.717, 1.165) is 49.2 Å². The van der Waals surface area contributed by atoms with Gasteiger partial charge >= 0.3 is 0 Å². The molecule has 2 aromatic rings. The average molecular weight is 364 g/mol. The summed E-state index contributed by atoms with van der Waals surface area (Å²) in [5, 5.41) is 0. The van der Waals surface area contributed by atoms with Gasteiger partial charge in [-0.15, -0.1) is 0 Å². The van der Waals surface area contributed by atoms with Crippen LogP contribution < -0.4 is 9.62 Å². The van der Waals surface area contributed by atoms with Gasteiger partial charge in [0, 0.05) is 25.2 Å². The molecule has 0 aromatic carbocycles. The molecule has 1 saturated carbocycles. The molecule has 4 rings (SSSR count). The molecule has 0 spiro atoms. The zero-order valence-corrected chi connectivity index (χ0v) is 15.2. The van der Waals surface area contributed by atoms with Crippen LogP contribution in [0.3, 0.4) is 0 Å². The smallest absolute Gasteiger partial charge is 0.208 e. The maximum Gasteiger partial charge on any atom is 0.208 e. The average Bonchev–Trinajstić information content (AvgIpc) is 3.33. The minimum Gasteiger partial charge on any atom is -0.352 e. The molecule has 1 N–H and O–H groups in total. The van der Waals surface area contributed by atoms with Gasteiger partial charge in [0.25, 0.3) is 0 Å². The molecule has 2 fully saturated rings. The Morgan fingerprint density at radius 1 is 1.20 bits per heavy atom. The number of nitrogens with one attached hydrogen (secondary N) is 1. The lowest BCUT2D eigenvalue weighted by Gasteiger charge is -2.36. The van der Waals surface area contributed by atoms with Gasteiger partial charge in [-0.25, -0.2) is 28.1 Å². The summed E-state index contributed by atoms with van der Waals surface area (Å²) in [4.78, 5) is 15.9. The van der Waals surface area contributed by atoms with E-state index in [0.29, 0.717) is 12.6 Å². The summed E-state index contributed by atoms with van der Waals surface area (Å²) in [7, 11) is -3.15. The molecule has 0 radical (unpaired) electrons. The molecule has 2 aromatic heterocycles. The number of aromatic nitrogens is 4. The van der Waals surface area contributed by atoms with Crippen LogP contribution in [0, 0.1) is 0 Å². The monoisotopic (exact) mass is 364 g/mol. The molecule has 0 bridgehead atoms. The minimum absolute atomic E-state index is 0.271. The first kappa shape index (κ1) is 16.7. The summed E-state index contributed by atoms with van der Waals surface area (Å²) in [6.45, 7) is 1.37. The Kier molecular flexibility index (Phi) is 4.36. The Hall–Kier alpha value is -1.74. The standard InChI is InChI=1S/C16H24N6O2S/c1-25(23,24)20-8-7-12-4-2-3-9-21(12)15-14-16(18-10-17-15)22(11-19-14)13-5-6-13/h10-13,20H,2-9H2,1H3. The van der Waals surface area contributed by atoms with Crippen LogP contribution in [0.15, 0.2) is 12.7 Å². The van der Waals surface area contributed by atoms with E-state index in [1.165, 1.54) is 19.1 Å². The summed E-state index contributed by atoms with van der Waals surface area (Å²) in [5.74, 6) is 0.883. The van der Waals surface area contributed by atoms with Gasteiger partial charge in [0.15, 0.2) is 17.0 Å². The zero-order chi connectivity index (χ0) is 17.4. The Morgan fingerprint density at radius 3 is 2.80 bits per heavy atom. The SMILES string of the molecule is CS(=O)(=O)NCCC1CCCCN1c1ncnc2c1ncn2C1CC1. The third kappa shape index (κ3) is 3.62. The molecular formula is C16H24N6O2S. The first-order valence-corrected chi connectivity index (χ1v) is 10.8. The Bertz CT molecular complexity index is 861. The number of sulfonamides is 1. The van der Waals surface area contributed by atoms with E-state index in [1.807, 2.05) is 6.33 Å². The Labute approximate surface area is 147 Å². The van der Waals surface area contributed by atoms with Gasteiger partial charge < -0.3 is 9.47 Å². The van der Waals surface area contributed by atoms with Crippen molar-refractivity contribution in [3.8, 4) is 0 Å². The van der Waals surface area contributed by atoms with Crippen molar-refractivity contribution in [2.45, 2.75) is 50.6 Å². The van der Waals surface area contributed by atoms with Gasteiger partial charge in [0.2, 0.25) is 10.0 Å². The first-order valence-electron chi connectivity index (χ1n) is 8.92. The number of imidazole rings is 1. The van der Waals surface area contributed by atoms with Crippen molar-refractivity contribution in [2.24, 2.45) is 0 Å². The molecule has 3 heterocycles. The van der Waals surface area contributed by atoms with Crippen molar-refractivity contribution in [3.63, 3.8) is 0 Å². The molecule has 136 valence electrons. The van der Waals surface area contributed by atoms with E-state index < -0.39 is 10.0 Å². The Balaban J connectivity index is 1.58. The highest BCUT2D eigenvalue weighted by molar-refractivity contribution is 7.88. The van der Waals surface area contributed by atoms with Crippen LogP contribution in [0.1, 0.15) is 44.6 Å². The van der Waals surface area contributed by atoms with Crippen LogP contribution in [0.25, 0.3) is 11.2 Å². The summed E-state index contributed by atoms with van der Waals surface area (Å²) in [5.41, 5.74) is 1.77. The number of anilines is 1. The van der Waals surface area contributed by atoms with Crippen molar-refractivity contribution < 1.29 is 8.42 Å². The van der Waals surface area contributed by atoms with Gasteiger partial charge in [-0.2, -0.15) is 0 Å². The highest BCUT2D eigenvalue weighted by Gasteiger charge is 2.29. The molecule has 0 amide bonds. The topological polar surface area (TPSA) is 93.0 Å². The number of piperidine rings is 1. The molecule has 1 atom stereocenters. The third-order valence-corrected chi connectivity index (χ3v) is 5.75. The predicted octanol–water partition coefficient (Wildman–Crippen LogP) is 1.46. The van der Waals surface area contributed by atoms with Crippen LogP contribution >= 0.6 is 0 Å². The quantitative estimate of drug-likeness (QED) is 0.834. The van der Waals surface area contributed by atoms with Crippen LogP contribution in [-0.2, 0) is 10.0 Å². The van der Waals surface area contributed by atoms with E-state index in [4.69, 9.17) is 0 Å². The third-order valence-electron chi connectivity index (χ3n) is 5.02. The molecule has 25 heavy (non-hydrogen) atoms. The van der Waals surface area contributed by atoms with Gasteiger partial charge in [0.05, 0.1) is 12.6 Å². The number of fused-ring (bicyclic) bond motifs is 1. The van der Waals surface area contributed by atoms with Crippen molar-refractivity contribution in [2.75, 3.05) is 24.2 Å². The second-order valence-electron chi connectivity index (χ2n) is 7.05. The summed E-state index contributed by atoms with van der Waals surface area (Å²) in [6.07, 6.45) is 11.2. The maximum absolute atomic E-state index is 11.3. The predicted molar refractivity (Wildman–Crippen MR) is 96.0 cm³/mol. The lowest BCUT2D eigenvalue weighted by atomic mass is 9.99. The summed E-state index contributed by atoms with van der Waals surface area (Å²) in [6, 6.07) is 0.802. The van der Waals surface area contributed by atoms with E-state index in [9.17, 15) is 8.42 Å². The van der Waals surface area contributed by atoms with Gasteiger partial charge in [-0.05, 0) is 38.5 Å². The van der Waals surface area contributed by atoms with E-state index in [-0.39, 0.29) is 6.04 Å². The fourth-order valence-electron chi connectivity index (χ4n) is 3.66. The lowest BCUT2D eigenvalue weighted by molar-refractivity contribution is 0.434. The molecule has 8 nitrogen and oxygen atoms in total. The number of rotatable bonds is 6. The summed E-state index contributed by atoms with van der Waals surface area (Å²) >= 11 is 0.